The molecule has 1 aromatic rings. The van der Waals surface area contributed by atoms with E-state index < -0.39 is 22.4 Å². The van der Waals surface area contributed by atoms with E-state index in [2.05, 4.69) is 0 Å². The zero-order valence-electron chi connectivity index (χ0n) is 14.9. The highest BCUT2D eigenvalue weighted by atomic mass is 32.2. The molecule has 1 aliphatic heterocycles. The number of esters is 1. The van der Waals surface area contributed by atoms with Crippen LogP contribution in [-0.2, 0) is 19.4 Å². The van der Waals surface area contributed by atoms with Gasteiger partial charge in [0.15, 0.2) is 16.4 Å². The lowest BCUT2D eigenvalue weighted by Crippen LogP contribution is -2.44. The van der Waals surface area contributed by atoms with Crippen LogP contribution in [0.5, 0.6) is 5.75 Å². The maximum Gasteiger partial charge on any atom is 0.342 e. The lowest BCUT2D eigenvalue weighted by molar-refractivity contribution is -0.137. The molecule has 26 heavy (non-hydrogen) atoms. The highest BCUT2D eigenvalue weighted by molar-refractivity contribution is 7.91. The molecule has 8 heteroatoms. The van der Waals surface area contributed by atoms with Crippen LogP contribution in [0.25, 0.3) is 0 Å². The van der Waals surface area contributed by atoms with Gasteiger partial charge in [0.1, 0.15) is 11.3 Å². The Morgan fingerprint density at radius 3 is 2.50 bits per heavy atom. The molecule has 2 aliphatic rings. The second-order valence-corrected chi connectivity index (χ2v) is 9.10. The highest BCUT2D eigenvalue weighted by Crippen LogP contribution is 2.32. The van der Waals surface area contributed by atoms with Crippen LogP contribution in [0, 0.1) is 6.92 Å². The monoisotopic (exact) mass is 381 g/mol. The molecule has 1 atom stereocenters. The lowest BCUT2D eigenvalue weighted by atomic mass is 10.1. The first kappa shape index (κ1) is 18.7. The maximum atomic E-state index is 12.6. The summed E-state index contributed by atoms with van der Waals surface area (Å²) in [5.41, 5.74) is 1.14. The van der Waals surface area contributed by atoms with Crippen molar-refractivity contribution in [2.45, 2.75) is 38.3 Å². The van der Waals surface area contributed by atoms with E-state index >= 15 is 0 Å². The zero-order chi connectivity index (χ0) is 18.9. The fraction of sp³-hybridized carbons (Fsp3) is 0.556. The number of hydrogen-bond donors (Lipinski definition) is 0. The smallest absolute Gasteiger partial charge is 0.342 e. The van der Waals surface area contributed by atoms with Gasteiger partial charge in [-0.15, -0.1) is 0 Å². The molecule has 0 N–H and O–H groups in total. The van der Waals surface area contributed by atoms with Crippen molar-refractivity contribution in [2.75, 3.05) is 25.2 Å². The number of sulfone groups is 1. The van der Waals surface area contributed by atoms with Crippen LogP contribution in [-0.4, -0.2) is 62.5 Å². The number of hydrogen-bond acceptors (Lipinski definition) is 6. The van der Waals surface area contributed by atoms with Gasteiger partial charge in [-0.05, 0) is 38.3 Å². The summed E-state index contributed by atoms with van der Waals surface area (Å²) in [4.78, 5) is 26.6. The largest absolute Gasteiger partial charge is 0.496 e. The molecule has 142 valence electrons. The van der Waals surface area contributed by atoms with Crippen molar-refractivity contribution < 1.29 is 27.5 Å². The van der Waals surface area contributed by atoms with Crippen molar-refractivity contribution >= 4 is 21.7 Å². The Kier molecular flexibility index (Phi) is 5.22. The molecule has 0 radical (unpaired) electrons. The second-order valence-electron chi connectivity index (χ2n) is 6.87. The number of nitrogens with zero attached hydrogens (tertiary/aromatic N) is 1. The van der Waals surface area contributed by atoms with Gasteiger partial charge in [0, 0.05) is 12.1 Å². The lowest BCUT2D eigenvalue weighted by Gasteiger charge is -2.28. The molecular formula is C18H23NO6S. The molecule has 1 aromatic carbocycles. The molecule has 0 bridgehead atoms. The van der Waals surface area contributed by atoms with E-state index in [-0.39, 0.29) is 35.1 Å². The van der Waals surface area contributed by atoms with Crippen LogP contribution in [0.4, 0.5) is 0 Å². The third kappa shape index (κ3) is 4.17. The molecule has 7 nitrogen and oxygen atoms in total. The Morgan fingerprint density at radius 2 is 1.92 bits per heavy atom. The molecule has 3 rings (SSSR count). The Bertz CT molecular complexity index is 815. The molecule has 0 unspecified atom stereocenters. The van der Waals surface area contributed by atoms with E-state index in [0.717, 1.165) is 18.4 Å². The third-order valence-corrected chi connectivity index (χ3v) is 6.48. The topological polar surface area (TPSA) is 90.0 Å². The molecule has 0 aromatic heterocycles. The summed E-state index contributed by atoms with van der Waals surface area (Å²) in [5.74, 6) is -0.485. The zero-order valence-corrected chi connectivity index (χ0v) is 15.8. The van der Waals surface area contributed by atoms with Crippen molar-refractivity contribution in [3.63, 3.8) is 0 Å². The van der Waals surface area contributed by atoms with Crippen LogP contribution < -0.4 is 4.74 Å². The first-order valence-corrected chi connectivity index (χ1v) is 10.5. The van der Waals surface area contributed by atoms with Gasteiger partial charge in [0.25, 0.3) is 5.91 Å². The molecular weight excluding hydrogens is 358 g/mol. The minimum Gasteiger partial charge on any atom is -0.496 e. The van der Waals surface area contributed by atoms with Gasteiger partial charge in [-0.1, -0.05) is 11.6 Å². The van der Waals surface area contributed by atoms with E-state index in [1.165, 1.54) is 7.11 Å². The van der Waals surface area contributed by atoms with Gasteiger partial charge < -0.3 is 14.4 Å². The highest BCUT2D eigenvalue weighted by Gasteiger charge is 2.42. The summed E-state index contributed by atoms with van der Waals surface area (Å²) in [6.45, 7) is 1.44. The van der Waals surface area contributed by atoms with Crippen LogP contribution in [0.2, 0.25) is 0 Å². The van der Waals surface area contributed by atoms with Crippen LogP contribution in [0.15, 0.2) is 18.2 Å². The fourth-order valence-corrected chi connectivity index (χ4v) is 5.03. The molecule has 1 saturated heterocycles. The standard InChI is InChI=1S/C18H23NO6S/c1-12-3-6-16(24-2)15(9-12)18(21)25-10-17(20)19(13-4-5-13)14-7-8-26(22,23)11-14/h3,6,9,13-14H,4-5,7-8,10-11H2,1-2H3/t14-/m0/s1. The minimum atomic E-state index is -3.09. The average molecular weight is 381 g/mol. The Labute approximate surface area is 153 Å². The quantitative estimate of drug-likeness (QED) is 0.691. The van der Waals surface area contributed by atoms with Crippen molar-refractivity contribution in [1.29, 1.82) is 0 Å². The predicted octanol–water partition coefficient (Wildman–Crippen LogP) is 1.34. The van der Waals surface area contributed by atoms with Gasteiger partial charge in [-0.2, -0.15) is 0 Å². The van der Waals surface area contributed by atoms with Crippen LogP contribution in [0.1, 0.15) is 35.2 Å². The van der Waals surface area contributed by atoms with Crippen LogP contribution in [0.3, 0.4) is 0 Å². The molecule has 1 aliphatic carbocycles. The first-order chi connectivity index (χ1) is 12.3. The molecule has 0 spiro atoms. The normalized spacial score (nSPS) is 21.2. The van der Waals surface area contributed by atoms with E-state index in [0.29, 0.717) is 12.2 Å². The molecule has 1 heterocycles. The van der Waals surface area contributed by atoms with Crippen molar-refractivity contribution in [3.8, 4) is 5.75 Å². The molecule has 1 saturated carbocycles. The summed E-state index contributed by atoms with van der Waals surface area (Å²) in [6, 6.07) is 4.89. The van der Waals surface area contributed by atoms with Gasteiger partial charge in [0.05, 0.1) is 18.6 Å². The fourth-order valence-electron chi connectivity index (χ4n) is 3.31. The van der Waals surface area contributed by atoms with E-state index in [9.17, 15) is 18.0 Å². The van der Waals surface area contributed by atoms with Gasteiger partial charge in [-0.3, -0.25) is 4.79 Å². The summed E-state index contributed by atoms with van der Waals surface area (Å²) >= 11 is 0. The second kappa shape index (κ2) is 7.26. The Hall–Kier alpha value is -2.09. The maximum absolute atomic E-state index is 12.6. The Morgan fingerprint density at radius 1 is 1.19 bits per heavy atom. The molecule has 1 amide bonds. The first-order valence-electron chi connectivity index (χ1n) is 8.64. The number of amides is 1. The summed E-state index contributed by atoms with van der Waals surface area (Å²) in [7, 11) is -1.63. The number of aryl methyl sites for hydroxylation is 1. The van der Waals surface area contributed by atoms with Crippen molar-refractivity contribution in [1.82, 2.24) is 4.90 Å². The van der Waals surface area contributed by atoms with Gasteiger partial charge in [-0.25, -0.2) is 13.2 Å². The Balaban J connectivity index is 1.65. The average Bonchev–Trinajstić information content (AvgIpc) is 3.36. The van der Waals surface area contributed by atoms with Gasteiger partial charge >= 0.3 is 5.97 Å². The minimum absolute atomic E-state index is 0.00507. The number of rotatable bonds is 6. The van der Waals surface area contributed by atoms with E-state index in [4.69, 9.17) is 9.47 Å². The number of benzene rings is 1. The summed E-state index contributed by atoms with van der Waals surface area (Å²) in [5, 5.41) is 0. The van der Waals surface area contributed by atoms with Crippen molar-refractivity contribution in [3.05, 3.63) is 29.3 Å². The van der Waals surface area contributed by atoms with E-state index in [1.54, 1.807) is 17.0 Å². The SMILES string of the molecule is COc1ccc(C)cc1C(=O)OCC(=O)N(C1CC1)[C@H]1CCS(=O)(=O)C1. The van der Waals surface area contributed by atoms with Crippen molar-refractivity contribution in [2.24, 2.45) is 0 Å². The number of carbonyl (C=O) groups is 2. The summed E-state index contributed by atoms with van der Waals surface area (Å²) in [6.07, 6.45) is 2.17. The third-order valence-electron chi connectivity index (χ3n) is 4.73. The van der Waals surface area contributed by atoms with Gasteiger partial charge in [0.2, 0.25) is 0 Å². The number of methoxy groups -OCH3 is 1. The van der Waals surface area contributed by atoms with Crippen LogP contribution >= 0.6 is 0 Å². The summed E-state index contributed by atoms with van der Waals surface area (Å²) < 4.78 is 33.8. The predicted molar refractivity (Wildman–Crippen MR) is 94.9 cm³/mol. The number of ether oxygens (including phenoxy) is 2. The number of carbonyl (C=O) groups excluding carboxylic acids is 2. The molecule has 2 fully saturated rings. The van der Waals surface area contributed by atoms with E-state index in [1.807, 2.05) is 13.0 Å².